The summed E-state index contributed by atoms with van der Waals surface area (Å²) in [7, 11) is 1.65. The number of H-pyrrole nitrogens is 1. The van der Waals surface area contributed by atoms with Gasteiger partial charge in [-0.3, -0.25) is 4.79 Å². The third-order valence-electron chi connectivity index (χ3n) is 5.13. The second kappa shape index (κ2) is 7.74. The van der Waals surface area contributed by atoms with Crippen molar-refractivity contribution in [1.82, 2.24) is 9.88 Å². The van der Waals surface area contributed by atoms with Gasteiger partial charge in [-0.25, -0.2) is 0 Å². The number of aromatic nitrogens is 1. The van der Waals surface area contributed by atoms with Gasteiger partial charge in [-0.2, -0.15) is 0 Å². The van der Waals surface area contributed by atoms with Crippen LogP contribution < -0.4 is 9.47 Å². The molecular formula is C22H24N2O3. The van der Waals surface area contributed by atoms with E-state index in [1.807, 2.05) is 59.6 Å². The molecule has 1 aliphatic heterocycles. The molecule has 1 fully saturated rings. The molecule has 1 saturated heterocycles. The van der Waals surface area contributed by atoms with Crippen LogP contribution in [-0.2, 0) is 0 Å². The molecule has 2 heterocycles. The van der Waals surface area contributed by atoms with E-state index >= 15 is 0 Å². The number of methoxy groups -OCH3 is 1. The van der Waals surface area contributed by atoms with Crippen LogP contribution in [0.3, 0.4) is 0 Å². The Morgan fingerprint density at radius 3 is 2.96 bits per heavy atom. The normalized spacial score (nSPS) is 17.1. The summed E-state index contributed by atoms with van der Waals surface area (Å²) in [5, 5.41) is 1.07. The molecule has 0 spiro atoms. The first-order valence-electron chi connectivity index (χ1n) is 9.36. The van der Waals surface area contributed by atoms with Gasteiger partial charge >= 0.3 is 0 Å². The van der Waals surface area contributed by atoms with E-state index in [2.05, 4.69) is 4.98 Å². The number of amides is 1. The van der Waals surface area contributed by atoms with Gasteiger partial charge in [0.2, 0.25) is 0 Å². The number of benzene rings is 2. The largest absolute Gasteiger partial charge is 0.497 e. The number of hydrogen-bond acceptors (Lipinski definition) is 3. The maximum absolute atomic E-state index is 12.9. The van der Waals surface area contributed by atoms with Crippen molar-refractivity contribution >= 4 is 16.8 Å². The average Bonchev–Trinajstić information content (AvgIpc) is 3.20. The Labute approximate surface area is 158 Å². The lowest BCUT2D eigenvalue weighted by molar-refractivity contribution is 0.0633. The van der Waals surface area contributed by atoms with Crippen LogP contribution in [0.2, 0.25) is 0 Å². The highest BCUT2D eigenvalue weighted by molar-refractivity contribution is 5.98. The maximum Gasteiger partial charge on any atom is 0.253 e. The number of ether oxygens (including phenoxy) is 2. The molecule has 0 unspecified atom stereocenters. The predicted octanol–water partition coefficient (Wildman–Crippen LogP) is 4.11. The van der Waals surface area contributed by atoms with Crippen LogP contribution in [0.25, 0.3) is 10.9 Å². The summed E-state index contributed by atoms with van der Waals surface area (Å²) in [4.78, 5) is 18.0. The number of likely N-dealkylation sites (tertiary alicyclic amines) is 1. The Balaban J connectivity index is 1.39. The van der Waals surface area contributed by atoms with Crippen LogP contribution in [0.1, 0.15) is 23.2 Å². The average molecular weight is 364 g/mol. The molecule has 5 nitrogen and oxygen atoms in total. The molecular weight excluding hydrogens is 340 g/mol. The first-order chi connectivity index (χ1) is 13.2. The minimum Gasteiger partial charge on any atom is -0.497 e. The van der Waals surface area contributed by atoms with Crippen molar-refractivity contribution in [1.29, 1.82) is 0 Å². The molecule has 1 aromatic heterocycles. The zero-order chi connectivity index (χ0) is 18.6. The van der Waals surface area contributed by atoms with Gasteiger partial charge in [0.05, 0.1) is 13.7 Å². The van der Waals surface area contributed by atoms with Gasteiger partial charge in [-0.05, 0) is 49.2 Å². The van der Waals surface area contributed by atoms with Crippen molar-refractivity contribution in [3.63, 3.8) is 0 Å². The van der Waals surface area contributed by atoms with Crippen molar-refractivity contribution in [2.45, 2.75) is 12.8 Å². The zero-order valence-electron chi connectivity index (χ0n) is 15.5. The number of nitrogens with zero attached hydrogens (tertiary/aromatic N) is 1. The number of nitrogens with one attached hydrogen (secondary N) is 1. The van der Waals surface area contributed by atoms with E-state index in [-0.39, 0.29) is 5.91 Å². The van der Waals surface area contributed by atoms with Gasteiger partial charge in [0, 0.05) is 47.7 Å². The van der Waals surface area contributed by atoms with Crippen molar-refractivity contribution in [2.24, 2.45) is 5.92 Å². The van der Waals surface area contributed by atoms with Gasteiger partial charge in [0.1, 0.15) is 11.5 Å². The highest BCUT2D eigenvalue weighted by Crippen LogP contribution is 2.23. The van der Waals surface area contributed by atoms with E-state index in [4.69, 9.17) is 9.47 Å². The van der Waals surface area contributed by atoms with Crippen molar-refractivity contribution < 1.29 is 14.3 Å². The SMILES string of the molecule is COc1cccc(OC[C@@H]2CCCN(C(=O)c3ccc4[nH]ccc4c3)C2)c1. The van der Waals surface area contributed by atoms with E-state index in [1.54, 1.807) is 7.11 Å². The minimum absolute atomic E-state index is 0.101. The molecule has 0 aliphatic carbocycles. The Morgan fingerprint density at radius 2 is 2.07 bits per heavy atom. The molecule has 140 valence electrons. The smallest absolute Gasteiger partial charge is 0.253 e. The van der Waals surface area contributed by atoms with Crippen molar-refractivity contribution in [2.75, 3.05) is 26.8 Å². The molecule has 1 amide bonds. The number of fused-ring (bicyclic) bond motifs is 1. The van der Waals surface area contributed by atoms with Crippen LogP contribution in [-0.4, -0.2) is 42.6 Å². The topological polar surface area (TPSA) is 54.6 Å². The maximum atomic E-state index is 12.9. The molecule has 3 aromatic rings. The fraction of sp³-hybridized carbons (Fsp3) is 0.318. The summed E-state index contributed by atoms with van der Waals surface area (Å²) in [5.74, 6) is 2.03. The van der Waals surface area contributed by atoms with E-state index < -0.39 is 0 Å². The lowest BCUT2D eigenvalue weighted by Crippen LogP contribution is -2.41. The minimum atomic E-state index is 0.101. The molecule has 0 bridgehead atoms. The van der Waals surface area contributed by atoms with Crippen LogP contribution in [0, 0.1) is 5.92 Å². The van der Waals surface area contributed by atoms with Crippen molar-refractivity contribution in [3.8, 4) is 11.5 Å². The van der Waals surface area contributed by atoms with E-state index in [1.165, 1.54) is 0 Å². The molecule has 1 N–H and O–H groups in total. The predicted molar refractivity (Wildman–Crippen MR) is 105 cm³/mol. The van der Waals surface area contributed by atoms with E-state index in [0.717, 1.165) is 53.9 Å². The van der Waals surface area contributed by atoms with Crippen LogP contribution in [0.5, 0.6) is 11.5 Å². The number of carbonyl (C=O) groups excluding carboxylic acids is 1. The summed E-state index contributed by atoms with van der Waals surface area (Å²) in [5.41, 5.74) is 1.80. The molecule has 27 heavy (non-hydrogen) atoms. The van der Waals surface area contributed by atoms with Crippen molar-refractivity contribution in [3.05, 3.63) is 60.3 Å². The number of hydrogen-bond donors (Lipinski definition) is 1. The first-order valence-corrected chi connectivity index (χ1v) is 9.36. The summed E-state index contributed by atoms with van der Waals surface area (Å²) in [6.07, 6.45) is 3.97. The molecule has 1 aliphatic rings. The quantitative estimate of drug-likeness (QED) is 0.741. The highest BCUT2D eigenvalue weighted by Gasteiger charge is 2.25. The Bertz CT molecular complexity index is 934. The number of aromatic amines is 1. The lowest BCUT2D eigenvalue weighted by atomic mass is 9.98. The monoisotopic (exact) mass is 364 g/mol. The van der Waals surface area contributed by atoms with Crippen LogP contribution in [0.4, 0.5) is 0 Å². The Kier molecular flexibility index (Phi) is 5.01. The Hall–Kier alpha value is -2.95. The van der Waals surface area contributed by atoms with E-state index in [9.17, 15) is 4.79 Å². The third-order valence-corrected chi connectivity index (χ3v) is 5.13. The molecule has 2 aromatic carbocycles. The zero-order valence-corrected chi connectivity index (χ0v) is 15.5. The fourth-order valence-corrected chi connectivity index (χ4v) is 3.66. The standard InChI is InChI=1S/C22H24N2O3/c1-26-19-5-2-6-20(13-19)27-15-16-4-3-11-24(14-16)22(25)18-7-8-21-17(12-18)9-10-23-21/h2,5-10,12-13,16,23H,3-4,11,14-15H2,1H3/t16-/m1/s1. The molecule has 5 heteroatoms. The van der Waals surface area contributed by atoms with Crippen LogP contribution >= 0.6 is 0 Å². The highest BCUT2D eigenvalue weighted by atomic mass is 16.5. The second-order valence-corrected chi connectivity index (χ2v) is 7.03. The van der Waals surface area contributed by atoms with Gasteiger partial charge in [0.25, 0.3) is 5.91 Å². The first kappa shape index (κ1) is 17.5. The fourth-order valence-electron chi connectivity index (χ4n) is 3.66. The summed E-state index contributed by atoms with van der Waals surface area (Å²) in [6.45, 7) is 2.14. The second-order valence-electron chi connectivity index (χ2n) is 7.03. The summed E-state index contributed by atoms with van der Waals surface area (Å²) < 4.78 is 11.2. The molecule has 4 rings (SSSR count). The van der Waals surface area contributed by atoms with Gasteiger partial charge in [-0.1, -0.05) is 6.07 Å². The number of piperidine rings is 1. The van der Waals surface area contributed by atoms with E-state index in [0.29, 0.717) is 12.5 Å². The van der Waals surface area contributed by atoms with Gasteiger partial charge in [0.15, 0.2) is 0 Å². The molecule has 0 saturated carbocycles. The molecule has 1 atom stereocenters. The van der Waals surface area contributed by atoms with Gasteiger partial charge in [-0.15, -0.1) is 0 Å². The number of rotatable bonds is 5. The van der Waals surface area contributed by atoms with Crippen LogP contribution in [0.15, 0.2) is 54.7 Å². The lowest BCUT2D eigenvalue weighted by Gasteiger charge is -2.32. The van der Waals surface area contributed by atoms with Gasteiger partial charge < -0.3 is 19.4 Å². The Morgan fingerprint density at radius 1 is 1.19 bits per heavy atom. The third kappa shape index (κ3) is 3.92. The summed E-state index contributed by atoms with van der Waals surface area (Å²) in [6, 6.07) is 15.5. The number of carbonyl (C=O) groups is 1. The molecule has 0 radical (unpaired) electrons. The summed E-state index contributed by atoms with van der Waals surface area (Å²) >= 11 is 0.